The maximum Gasteiger partial charge on any atom is 0.303 e. The van der Waals surface area contributed by atoms with Gasteiger partial charge in [-0.1, -0.05) is 0 Å². The Balaban J connectivity index is 3.16. The minimum atomic E-state index is -3.27. The van der Waals surface area contributed by atoms with E-state index in [0.717, 1.165) is 0 Å². The summed E-state index contributed by atoms with van der Waals surface area (Å²) in [5, 5.41) is 8.54. The Morgan fingerprint density at radius 2 is 1.67 bits per heavy atom. The van der Waals surface area contributed by atoms with Crippen LogP contribution in [0.4, 0.5) is 8.78 Å². The predicted molar refractivity (Wildman–Crippen MR) is 71.5 cm³/mol. The standard InChI is InChI=1S/C14H18F2O5/c1-19-9-7-10(20-2)13(11(8-9)21-3)14(15,16)6-4-5-12(17)18/h7-8H,4-6H2,1-3H3,(H,17,18). The zero-order chi connectivity index (χ0) is 16.0. The lowest BCUT2D eigenvalue weighted by Crippen LogP contribution is -2.17. The van der Waals surface area contributed by atoms with Gasteiger partial charge in [0.05, 0.1) is 21.3 Å². The van der Waals surface area contributed by atoms with Crippen molar-refractivity contribution in [1.82, 2.24) is 0 Å². The normalized spacial score (nSPS) is 11.1. The lowest BCUT2D eigenvalue weighted by Gasteiger charge is -2.22. The average molecular weight is 304 g/mol. The molecule has 1 N–H and O–H groups in total. The summed E-state index contributed by atoms with van der Waals surface area (Å²) < 4.78 is 43.7. The fourth-order valence-corrected chi connectivity index (χ4v) is 1.95. The van der Waals surface area contributed by atoms with Gasteiger partial charge in [-0.25, -0.2) is 8.78 Å². The quantitative estimate of drug-likeness (QED) is 0.799. The minimum absolute atomic E-state index is 0.0634. The Kier molecular flexibility index (Phi) is 5.75. The number of hydrogen-bond acceptors (Lipinski definition) is 4. The van der Waals surface area contributed by atoms with Crippen molar-refractivity contribution >= 4 is 5.97 Å². The first kappa shape index (κ1) is 17.0. The van der Waals surface area contributed by atoms with Crippen LogP contribution in [0.25, 0.3) is 0 Å². The van der Waals surface area contributed by atoms with E-state index in [9.17, 15) is 13.6 Å². The average Bonchev–Trinajstić information content (AvgIpc) is 2.44. The van der Waals surface area contributed by atoms with Crippen LogP contribution in [0.5, 0.6) is 17.2 Å². The third kappa shape index (κ3) is 4.21. The summed E-state index contributed by atoms with van der Waals surface area (Å²) in [5.41, 5.74) is -0.404. The van der Waals surface area contributed by atoms with Gasteiger partial charge in [0.15, 0.2) is 0 Å². The number of carboxylic acid groups (broad SMARTS) is 1. The molecule has 0 amide bonds. The number of aliphatic carboxylic acids is 1. The summed E-state index contributed by atoms with van der Waals surface area (Å²) in [6.07, 6.45) is -1.09. The molecule has 5 nitrogen and oxygen atoms in total. The highest BCUT2D eigenvalue weighted by Crippen LogP contribution is 2.46. The minimum Gasteiger partial charge on any atom is -0.496 e. The van der Waals surface area contributed by atoms with Gasteiger partial charge < -0.3 is 19.3 Å². The number of methoxy groups -OCH3 is 3. The van der Waals surface area contributed by atoms with Gasteiger partial charge in [-0.3, -0.25) is 4.79 Å². The largest absolute Gasteiger partial charge is 0.496 e. The first-order chi connectivity index (χ1) is 9.85. The molecule has 0 atom stereocenters. The maximum absolute atomic E-state index is 14.3. The van der Waals surface area contributed by atoms with Crippen LogP contribution in [-0.4, -0.2) is 32.4 Å². The fourth-order valence-electron chi connectivity index (χ4n) is 1.95. The van der Waals surface area contributed by atoms with Crippen molar-refractivity contribution in [3.63, 3.8) is 0 Å². The third-order valence-corrected chi connectivity index (χ3v) is 2.96. The number of benzene rings is 1. The van der Waals surface area contributed by atoms with Crippen LogP contribution in [0.3, 0.4) is 0 Å². The van der Waals surface area contributed by atoms with Gasteiger partial charge in [0.1, 0.15) is 22.8 Å². The van der Waals surface area contributed by atoms with Crippen molar-refractivity contribution in [2.45, 2.75) is 25.2 Å². The second-order valence-corrected chi connectivity index (χ2v) is 4.36. The molecule has 0 saturated heterocycles. The van der Waals surface area contributed by atoms with E-state index in [-0.39, 0.29) is 24.3 Å². The van der Waals surface area contributed by atoms with Gasteiger partial charge in [0.25, 0.3) is 5.92 Å². The number of halogens is 2. The van der Waals surface area contributed by atoms with E-state index in [1.807, 2.05) is 0 Å². The zero-order valence-electron chi connectivity index (χ0n) is 12.1. The number of carbonyl (C=O) groups is 1. The third-order valence-electron chi connectivity index (χ3n) is 2.96. The molecule has 1 rings (SSSR count). The number of carboxylic acids is 1. The second-order valence-electron chi connectivity index (χ2n) is 4.36. The highest BCUT2D eigenvalue weighted by molar-refractivity contribution is 5.66. The summed E-state index contributed by atoms with van der Waals surface area (Å²) in [4.78, 5) is 10.4. The number of hydrogen-bond donors (Lipinski definition) is 1. The van der Waals surface area contributed by atoms with Crippen molar-refractivity contribution in [3.05, 3.63) is 17.7 Å². The zero-order valence-corrected chi connectivity index (χ0v) is 12.1. The van der Waals surface area contributed by atoms with Gasteiger partial charge in [0.2, 0.25) is 0 Å². The molecule has 0 saturated carbocycles. The van der Waals surface area contributed by atoms with Gasteiger partial charge in [-0.15, -0.1) is 0 Å². The molecule has 21 heavy (non-hydrogen) atoms. The van der Waals surface area contributed by atoms with Crippen LogP contribution in [0.1, 0.15) is 24.8 Å². The summed E-state index contributed by atoms with van der Waals surface area (Å²) in [6.45, 7) is 0. The number of rotatable bonds is 8. The Morgan fingerprint density at radius 1 is 1.14 bits per heavy atom. The van der Waals surface area contributed by atoms with Crippen LogP contribution < -0.4 is 14.2 Å². The molecule has 0 unspecified atom stereocenters. The summed E-state index contributed by atoms with van der Waals surface area (Å²) >= 11 is 0. The maximum atomic E-state index is 14.3. The van der Waals surface area contributed by atoms with E-state index in [1.165, 1.54) is 33.5 Å². The van der Waals surface area contributed by atoms with Crippen molar-refractivity contribution in [2.75, 3.05) is 21.3 Å². The summed E-state index contributed by atoms with van der Waals surface area (Å²) in [6, 6.07) is 2.67. The lowest BCUT2D eigenvalue weighted by molar-refractivity contribution is -0.137. The van der Waals surface area contributed by atoms with Gasteiger partial charge in [0, 0.05) is 25.0 Å². The van der Waals surface area contributed by atoms with Crippen molar-refractivity contribution in [2.24, 2.45) is 0 Å². The molecule has 118 valence electrons. The SMILES string of the molecule is COc1cc(OC)c(C(F)(F)CCCC(=O)O)c(OC)c1. The molecule has 0 bridgehead atoms. The first-order valence-corrected chi connectivity index (χ1v) is 6.25. The van der Waals surface area contributed by atoms with Crippen LogP contribution in [0.15, 0.2) is 12.1 Å². The van der Waals surface area contributed by atoms with Crippen molar-refractivity contribution in [3.8, 4) is 17.2 Å². The highest BCUT2D eigenvalue weighted by Gasteiger charge is 2.38. The van der Waals surface area contributed by atoms with Crippen LogP contribution in [0.2, 0.25) is 0 Å². The molecule has 0 aromatic heterocycles. The molecule has 0 fully saturated rings. The smallest absolute Gasteiger partial charge is 0.303 e. The first-order valence-electron chi connectivity index (χ1n) is 6.25. The molecule has 0 spiro atoms. The van der Waals surface area contributed by atoms with E-state index in [0.29, 0.717) is 5.75 Å². The Bertz CT molecular complexity index is 477. The monoisotopic (exact) mass is 304 g/mol. The second kappa shape index (κ2) is 7.10. The molecule has 0 aliphatic heterocycles. The topological polar surface area (TPSA) is 65.0 Å². The Labute approximate surface area is 121 Å². The van der Waals surface area contributed by atoms with Gasteiger partial charge in [-0.05, 0) is 6.42 Å². The molecule has 7 heteroatoms. The number of ether oxygens (including phenoxy) is 3. The highest BCUT2D eigenvalue weighted by atomic mass is 19.3. The molecular formula is C14H18F2O5. The van der Waals surface area contributed by atoms with E-state index in [1.54, 1.807) is 0 Å². The fraction of sp³-hybridized carbons (Fsp3) is 0.500. The van der Waals surface area contributed by atoms with Gasteiger partial charge in [-0.2, -0.15) is 0 Å². The predicted octanol–water partition coefficient (Wildman–Crippen LogP) is 3.06. The Morgan fingerprint density at radius 3 is 2.05 bits per heavy atom. The molecule has 1 aromatic carbocycles. The van der Waals surface area contributed by atoms with Crippen molar-refractivity contribution < 1.29 is 32.9 Å². The van der Waals surface area contributed by atoms with E-state index >= 15 is 0 Å². The molecule has 0 aliphatic rings. The van der Waals surface area contributed by atoms with E-state index < -0.39 is 23.9 Å². The van der Waals surface area contributed by atoms with E-state index in [2.05, 4.69) is 0 Å². The molecular weight excluding hydrogens is 286 g/mol. The van der Waals surface area contributed by atoms with Crippen LogP contribution in [0, 0.1) is 0 Å². The summed E-state index contributed by atoms with van der Waals surface area (Å²) in [5.74, 6) is -4.18. The molecule has 0 heterocycles. The number of alkyl halides is 2. The Hall–Kier alpha value is -2.05. The van der Waals surface area contributed by atoms with Crippen LogP contribution in [-0.2, 0) is 10.7 Å². The molecule has 0 aliphatic carbocycles. The van der Waals surface area contributed by atoms with Crippen molar-refractivity contribution in [1.29, 1.82) is 0 Å². The molecule has 0 radical (unpaired) electrons. The van der Waals surface area contributed by atoms with E-state index in [4.69, 9.17) is 19.3 Å². The summed E-state index contributed by atoms with van der Waals surface area (Å²) in [7, 11) is 3.94. The van der Waals surface area contributed by atoms with Gasteiger partial charge >= 0.3 is 5.97 Å². The molecule has 1 aromatic rings. The van der Waals surface area contributed by atoms with Crippen LogP contribution >= 0.6 is 0 Å². The lowest BCUT2D eigenvalue weighted by atomic mass is 10.00.